The summed E-state index contributed by atoms with van der Waals surface area (Å²) < 4.78 is 0. The molecule has 1 aliphatic carbocycles. The van der Waals surface area contributed by atoms with Crippen LogP contribution in [-0.2, 0) is 14.4 Å². The first-order chi connectivity index (χ1) is 13.4. The Bertz CT molecular complexity index is 815. The molecule has 2 saturated heterocycles. The van der Waals surface area contributed by atoms with Crippen LogP contribution in [0.4, 0.5) is 0 Å². The fraction of sp³-hybridized carbons (Fsp3) is 0.500. The molecule has 28 heavy (non-hydrogen) atoms. The highest BCUT2D eigenvalue weighted by Gasteiger charge is 2.66. The van der Waals surface area contributed by atoms with Crippen LogP contribution in [0.2, 0.25) is 0 Å². The maximum Gasteiger partial charge on any atom is 0.324 e. The Morgan fingerprint density at radius 1 is 1.14 bits per heavy atom. The lowest BCUT2D eigenvalue weighted by Gasteiger charge is -2.32. The fourth-order valence-corrected chi connectivity index (χ4v) is 5.05. The van der Waals surface area contributed by atoms with Crippen LogP contribution in [-0.4, -0.2) is 45.4 Å². The lowest BCUT2D eigenvalue weighted by Crippen LogP contribution is -2.55. The van der Waals surface area contributed by atoms with Gasteiger partial charge in [-0.1, -0.05) is 61.7 Å². The Morgan fingerprint density at radius 3 is 2.46 bits per heavy atom. The number of fused-ring (bicyclic) bond motifs is 1. The van der Waals surface area contributed by atoms with Gasteiger partial charge in [0.05, 0.1) is 11.8 Å². The molecule has 0 aromatic heterocycles. The van der Waals surface area contributed by atoms with Gasteiger partial charge in [0.25, 0.3) is 0 Å². The van der Waals surface area contributed by atoms with Crippen LogP contribution < -0.4 is 5.32 Å². The van der Waals surface area contributed by atoms with E-state index in [4.69, 9.17) is 0 Å². The van der Waals surface area contributed by atoms with Gasteiger partial charge in [-0.3, -0.25) is 24.6 Å². The molecule has 2 heterocycles. The second-order valence-electron chi connectivity index (χ2n) is 8.29. The molecule has 4 rings (SSSR count). The predicted molar refractivity (Wildman–Crippen MR) is 104 cm³/mol. The standard InChI is InChI=1S/C22H26N2O4/c1-22(21(27)28)18-17(16(23-22)13-12-14-8-4-2-5-9-14)19(25)24(20(18)26)15-10-6-3-7-11-15/h2,4-5,8-9,12-13,15-18,23H,3,6-7,10-11H2,1H3,(H,27,28). The summed E-state index contributed by atoms with van der Waals surface area (Å²) in [6.07, 6.45) is 8.47. The molecule has 148 valence electrons. The zero-order chi connectivity index (χ0) is 19.9. The Kier molecular flexibility index (Phi) is 4.83. The number of carbonyl (C=O) groups excluding carboxylic acids is 2. The number of carboxylic acids is 1. The zero-order valence-electron chi connectivity index (χ0n) is 16.0. The van der Waals surface area contributed by atoms with Crippen LogP contribution >= 0.6 is 0 Å². The lowest BCUT2D eigenvalue weighted by atomic mass is 9.81. The number of nitrogens with one attached hydrogen (secondary N) is 1. The Morgan fingerprint density at radius 2 is 1.82 bits per heavy atom. The number of amides is 2. The Balaban J connectivity index is 1.67. The van der Waals surface area contributed by atoms with E-state index in [0.29, 0.717) is 0 Å². The number of rotatable bonds is 4. The number of imide groups is 1. The van der Waals surface area contributed by atoms with E-state index in [1.165, 1.54) is 11.8 Å². The topological polar surface area (TPSA) is 86.7 Å². The summed E-state index contributed by atoms with van der Waals surface area (Å²) in [5, 5.41) is 12.9. The second-order valence-corrected chi connectivity index (χ2v) is 8.29. The molecule has 3 fully saturated rings. The predicted octanol–water partition coefficient (Wildman–Crippen LogP) is 2.45. The van der Waals surface area contributed by atoms with Gasteiger partial charge < -0.3 is 5.11 Å². The molecule has 6 heteroatoms. The third-order valence-electron chi connectivity index (χ3n) is 6.54. The second kappa shape index (κ2) is 7.17. The van der Waals surface area contributed by atoms with E-state index in [2.05, 4.69) is 5.32 Å². The van der Waals surface area contributed by atoms with E-state index in [9.17, 15) is 19.5 Å². The Hall–Kier alpha value is -2.47. The van der Waals surface area contributed by atoms with Gasteiger partial charge in [0, 0.05) is 12.1 Å². The molecule has 2 N–H and O–H groups in total. The minimum absolute atomic E-state index is 0.0869. The number of carboxylic acid groups (broad SMARTS) is 1. The van der Waals surface area contributed by atoms with Crippen molar-refractivity contribution in [1.82, 2.24) is 10.2 Å². The maximum absolute atomic E-state index is 13.3. The summed E-state index contributed by atoms with van der Waals surface area (Å²) in [4.78, 5) is 39.9. The molecule has 1 saturated carbocycles. The van der Waals surface area contributed by atoms with E-state index in [0.717, 1.165) is 37.7 Å². The maximum atomic E-state index is 13.3. The molecule has 4 unspecified atom stereocenters. The minimum atomic E-state index is -1.45. The van der Waals surface area contributed by atoms with Crippen molar-refractivity contribution in [2.75, 3.05) is 0 Å². The quantitative estimate of drug-likeness (QED) is 0.781. The zero-order valence-corrected chi connectivity index (χ0v) is 16.0. The molecule has 2 aliphatic heterocycles. The average molecular weight is 382 g/mol. The summed E-state index contributed by atoms with van der Waals surface area (Å²) >= 11 is 0. The first-order valence-corrected chi connectivity index (χ1v) is 10.0. The van der Waals surface area contributed by atoms with Gasteiger partial charge in [0.2, 0.25) is 11.8 Å². The van der Waals surface area contributed by atoms with E-state index in [-0.39, 0.29) is 17.9 Å². The molecule has 1 aromatic carbocycles. The summed E-state index contributed by atoms with van der Waals surface area (Å²) in [6.45, 7) is 1.53. The smallest absolute Gasteiger partial charge is 0.324 e. The van der Waals surface area contributed by atoms with Gasteiger partial charge in [-0.15, -0.1) is 0 Å². The Labute approximate surface area is 164 Å². The highest BCUT2D eigenvalue weighted by Crippen LogP contribution is 2.45. The highest BCUT2D eigenvalue weighted by atomic mass is 16.4. The normalized spacial score (nSPS) is 33.6. The first kappa shape index (κ1) is 18.9. The highest BCUT2D eigenvalue weighted by molar-refractivity contribution is 6.09. The number of aliphatic carboxylic acids is 1. The largest absolute Gasteiger partial charge is 0.480 e. The van der Waals surface area contributed by atoms with Crippen LogP contribution in [0.15, 0.2) is 36.4 Å². The molecule has 2 amide bonds. The van der Waals surface area contributed by atoms with E-state index in [1.807, 2.05) is 42.5 Å². The van der Waals surface area contributed by atoms with Crippen molar-refractivity contribution in [3.05, 3.63) is 42.0 Å². The van der Waals surface area contributed by atoms with E-state index < -0.39 is 29.4 Å². The molecule has 6 nitrogen and oxygen atoms in total. The average Bonchev–Trinajstić information content (AvgIpc) is 3.15. The minimum Gasteiger partial charge on any atom is -0.480 e. The molecule has 0 radical (unpaired) electrons. The number of nitrogens with zero attached hydrogens (tertiary/aromatic N) is 1. The van der Waals surface area contributed by atoms with Gasteiger partial charge >= 0.3 is 5.97 Å². The molecule has 1 aromatic rings. The molecular formula is C22H26N2O4. The molecule has 0 bridgehead atoms. The van der Waals surface area contributed by atoms with Crippen LogP contribution in [0, 0.1) is 11.8 Å². The number of benzene rings is 1. The van der Waals surface area contributed by atoms with Gasteiger partial charge in [-0.25, -0.2) is 0 Å². The van der Waals surface area contributed by atoms with Gasteiger partial charge in [0.15, 0.2) is 0 Å². The summed E-state index contributed by atoms with van der Waals surface area (Å²) in [5.41, 5.74) is -0.488. The van der Waals surface area contributed by atoms with Crippen LogP contribution in [0.5, 0.6) is 0 Å². The van der Waals surface area contributed by atoms with Crippen LogP contribution in [0.3, 0.4) is 0 Å². The van der Waals surface area contributed by atoms with Crippen molar-refractivity contribution < 1.29 is 19.5 Å². The molecule has 3 aliphatic rings. The summed E-state index contributed by atoms with van der Waals surface area (Å²) in [7, 11) is 0. The lowest BCUT2D eigenvalue weighted by molar-refractivity contribution is -0.151. The third-order valence-corrected chi connectivity index (χ3v) is 6.54. The fourth-order valence-electron chi connectivity index (χ4n) is 5.05. The van der Waals surface area contributed by atoms with Crippen LogP contribution in [0.1, 0.15) is 44.6 Å². The number of likely N-dealkylation sites (tertiary alicyclic amines) is 1. The molecule has 4 atom stereocenters. The number of carbonyl (C=O) groups is 3. The third kappa shape index (κ3) is 2.96. The number of hydrogen-bond donors (Lipinski definition) is 2. The van der Waals surface area contributed by atoms with Crippen molar-refractivity contribution in [2.24, 2.45) is 11.8 Å². The van der Waals surface area contributed by atoms with E-state index >= 15 is 0 Å². The summed E-state index contributed by atoms with van der Waals surface area (Å²) in [5.74, 6) is -3.18. The first-order valence-electron chi connectivity index (χ1n) is 10.0. The van der Waals surface area contributed by atoms with Gasteiger partial charge in [-0.2, -0.15) is 0 Å². The van der Waals surface area contributed by atoms with Crippen molar-refractivity contribution in [1.29, 1.82) is 0 Å². The van der Waals surface area contributed by atoms with Crippen LogP contribution in [0.25, 0.3) is 6.08 Å². The number of hydrogen-bond acceptors (Lipinski definition) is 4. The van der Waals surface area contributed by atoms with Gasteiger partial charge in [0.1, 0.15) is 5.54 Å². The van der Waals surface area contributed by atoms with Crippen molar-refractivity contribution >= 4 is 23.9 Å². The van der Waals surface area contributed by atoms with Gasteiger partial charge in [-0.05, 0) is 25.3 Å². The van der Waals surface area contributed by atoms with Crippen molar-refractivity contribution in [3.63, 3.8) is 0 Å². The molecule has 0 spiro atoms. The monoisotopic (exact) mass is 382 g/mol. The summed E-state index contributed by atoms with van der Waals surface area (Å²) in [6, 6.07) is 9.06. The van der Waals surface area contributed by atoms with E-state index in [1.54, 1.807) is 0 Å². The molecular weight excluding hydrogens is 356 g/mol. The SMILES string of the molecule is CC1(C(=O)O)NC(C=Cc2ccccc2)C2C(=O)N(C3CCCCC3)C(=O)C21. The van der Waals surface area contributed by atoms with Crippen molar-refractivity contribution in [2.45, 2.75) is 56.7 Å². The van der Waals surface area contributed by atoms with Crippen molar-refractivity contribution in [3.8, 4) is 0 Å².